The molecule has 0 radical (unpaired) electrons. The van der Waals surface area contributed by atoms with Gasteiger partial charge in [-0.05, 0) is 31.5 Å². The Morgan fingerprint density at radius 3 is 2.63 bits per heavy atom. The number of halogens is 1. The van der Waals surface area contributed by atoms with Crippen molar-refractivity contribution in [2.45, 2.75) is 25.8 Å². The van der Waals surface area contributed by atoms with Crippen molar-refractivity contribution in [2.75, 3.05) is 7.11 Å². The molecule has 2 rings (SSSR count). The molecule has 0 bridgehead atoms. The Kier molecular flexibility index (Phi) is 4.82. The molecule has 0 amide bonds. The number of hydrogen-bond acceptors (Lipinski definition) is 4. The predicted molar refractivity (Wildman–Crippen MR) is 81.5 cm³/mol. The number of ether oxygens (including phenoxy) is 2. The molecule has 1 aromatic heterocycles. The number of rotatable bonds is 5. The molecule has 1 aromatic carbocycles. The van der Waals surface area contributed by atoms with Crippen LogP contribution in [0.25, 0.3) is 0 Å². The second-order valence-corrected chi connectivity index (χ2v) is 6.01. The fourth-order valence-corrected chi connectivity index (χ4v) is 2.85. The Labute approximate surface area is 125 Å². The maximum Gasteiger partial charge on any atom is 0.162 e. The lowest BCUT2D eigenvalue weighted by Gasteiger charge is -2.10. The third-order valence-electron chi connectivity index (χ3n) is 2.81. The van der Waals surface area contributed by atoms with E-state index < -0.39 is 0 Å². The number of hydrogen-bond donors (Lipinski definition) is 0. The molecule has 5 heteroatoms. The Bertz CT molecular complexity index is 549. The van der Waals surface area contributed by atoms with Crippen LogP contribution < -0.4 is 9.47 Å². The highest BCUT2D eigenvalue weighted by Crippen LogP contribution is 2.30. The third-order valence-corrected chi connectivity index (χ3v) is 4.50. The monoisotopic (exact) mass is 341 g/mol. The standard InChI is InChI=1S/C14H16BrNO2S/c1-9-10(2)19-14(16-9)8-18-13-6-11(7-15)4-5-12(13)17-3/h4-6H,7-8H2,1-3H3. The first kappa shape index (κ1) is 14.3. The summed E-state index contributed by atoms with van der Waals surface area (Å²) < 4.78 is 11.1. The number of benzene rings is 1. The third kappa shape index (κ3) is 3.48. The Hall–Kier alpha value is -1.07. The van der Waals surface area contributed by atoms with Crippen LogP contribution in [-0.4, -0.2) is 12.1 Å². The molecule has 1 heterocycles. The lowest BCUT2D eigenvalue weighted by molar-refractivity contribution is 0.283. The second kappa shape index (κ2) is 6.39. The van der Waals surface area contributed by atoms with Gasteiger partial charge in [-0.3, -0.25) is 0 Å². The highest BCUT2D eigenvalue weighted by Gasteiger charge is 2.08. The fraction of sp³-hybridized carbons (Fsp3) is 0.357. The topological polar surface area (TPSA) is 31.4 Å². The van der Waals surface area contributed by atoms with E-state index in [1.807, 2.05) is 25.1 Å². The summed E-state index contributed by atoms with van der Waals surface area (Å²) in [6.45, 7) is 4.56. The zero-order valence-corrected chi connectivity index (χ0v) is 13.6. The summed E-state index contributed by atoms with van der Waals surface area (Å²) in [6, 6.07) is 5.92. The van der Waals surface area contributed by atoms with Crippen molar-refractivity contribution in [2.24, 2.45) is 0 Å². The van der Waals surface area contributed by atoms with E-state index in [9.17, 15) is 0 Å². The molecule has 102 valence electrons. The van der Waals surface area contributed by atoms with Crippen LogP contribution in [0, 0.1) is 13.8 Å². The minimum atomic E-state index is 0.474. The number of nitrogens with zero attached hydrogens (tertiary/aromatic N) is 1. The summed E-state index contributed by atoms with van der Waals surface area (Å²) in [4.78, 5) is 5.70. The van der Waals surface area contributed by atoms with E-state index >= 15 is 0 Å². The first-order valence-electron chi connectivity index (χ1n) is 5.92. The Morgan fingerprint density at radius 1 is 1.26 bits per heavy atom. The highest BCUT2D eigenvalue weighted by molar-refractivity contribution is 9.08. The van der Waals surface area contributed by atoms with Gasteiger partial charge in [0.2, 0.25) is 0 Å². The molecular weight excluding hydrogens is 326 g/mol. The molecule has 0 saturated heterocycles. The molecule has 0 fully saturated rings. The number of thiazole rings is 1. The lowest BCUT2D eigenvalue weighted by atomic mass is 10.2. The summed E-state index contributed by atoms with van der Waals surface area (Å²) in [5, 5.41) is 1.78. The van der Waals surface area contributed by atoms with E-state index in [0.29, 0.717) is 6.61 Å². The van der Waals surface area contributed by atoms with Gasteiger partial charge in [0.25, 0.3) is 0 Å². The molecule has 0 atom stereocenters. The summed E-state index contributed by atoms with van der Waals surface area (Å²) in [5.74, 6) is 1.50. The molecule has 2 aromatic rings. The average molecular weight is 342 g/mol. The summed E-state index contributed by atoms with van der Waals surface area (Å²) in [7, 11) is 1.65. The van der Waals surface area contributed by atoms with Gasteiger partial charge in [-0.2, -0.15) is 0 Å². The first-order chi connectivity index (χ1) is 9.13. The van der Waals surface area contributed by atoms with E-state index in [-0.39, 0.29) is 0 Å². The molecular formula is C14H16BrNO2S. The molecule has 19 heavy (non-hydrogen) atoms. The van der Waals surface area contributed by atoms with Crippen molar-refractivity contribution in [3.8, 4) is 11.5 Å². The minimum absolute atomic E-state index is 0.474. The van der Waals surface area contributed by atoms with Crippen molar-refractivity contribution in [1.29, 1.82) is 0 Å². The predicted octanol–water partition coefficient (Wildman–Crippen LogP) is 4.24. The minimum Gasteiger partial charge on any atom is -0.493 e. The average Bonchev–Trinajstić information content (AvgIpc) is 2.75. The van der Waals surface area contributed by atoms with E-state index in [0.717, 1.165) is 33.1 Å². The van der Waals surface area contributed by atoms with Crippen molar-refractivity contribution in [1.82, 2.24) is 4.98 Å². The SMILES string of the molecule is COc1ccc(CBr)cc1OCc1nc(C)c(C)s1. The van der Waals surface area contributed by atoms with Crippen LogP contribution in [0.1, 0.15) is 21.1 Å². The van der Waals surface area contributed by atoms with Gasteiger partial charge in [0.05, 0.1) is 12.8 Å². The van der Waals surface area contributed by atoms with Gasteiger partial charge >= 0.3 is 0 Å². The van der Waals surface area contributed by atoms with Gasteiger partial charge in [-0.25, -0.2) is 4.98 Å². The van der Waals surface area contributed by atoms with Crippen LogP contribution in [0.4, 0.5) is 0 Å². The van der Waals surface area contributed by atoms with Crippen LogP contribution in [-0.2, 0) is 11.9 Å². The number of aromatic nitrogens is 1. The van der Waals surface area contributed by atoms with Crippen LogP contribution in [0.15, 0.2) is 18.2 Å². The maximum absolute atomic E-state index is 5.83. The summed E-state index contributed by atoms with van der Waals surface area (Å²) >= 11 is 5.11. The zero-order chi connectivity index (χ0) is 13.8. The lowest BCUT2D eigenvalue weighted by Crippen LogP contribution is -1.98. The zero-order valence-electron chi connectivity index (χ0n) is 11.2. The normalized spacial score (nSPS) is 10.5. The summed E-state index contributed by atoms with van der Waals surface area (Å²) in [6.07, 6.45) is 0. The van der Waals surface area contributed by atoms with E-state index in [1.54, 1.807) is 18.4 Å². The van der Waals surface area contributed by atoms with Gasteiger partial charge < -0.3 is 9.47 Å². The molecule has 0 spiro atoms. The van der Waals surface area contributed by atoms with Crippen molar-refractivity contribution in [3.63, 3.8) is 0 Å². The van der Waals surface area contributed by atoms with Gasteiger partial charge in [0.15, 0.2) is 11.5 Å². The Balaban J connectivity index is 2.13. The van der Waals surface area contributed by atoms with Gasteiger partial charge in [0, 0.05) is 10.2 Å². The molecule has 3 nitrogen and oxygen atoms in total. The highest BCUT2D eigenvalue weighted by atomic mass is 79.9. The molecule has 0 saturated carbocycles. The largest absolute Gasteiger partial charge is 0.493 e. The number of alkyl halides is 1. The van der Waals surface area contributed by atoms with Gasteiger partial charge in [-0.1, -0.05) is 22.0 Å². The molecule has 0 unspecified atom stereocenters. The smallest absolute Gasteiger partial charge is 0.162 e. The van der Waals surface area contributed by atoms with Crippen molar-refractivity contribution in [3.05, 3.63) is 39.3 Å². The van der Waals surface area contributed by atoms with E-state index in [2.05, 4.69) is 27.8 Å². The second-order valence-electron chi connectivity index (χ2n) is 4.16. The first-order valence-corrected chi connectivity index (χ1v) is 7.86. The molecule has 0 aliphatic carbocycles. The van der Waals surface area contributed by atoms with Crippen LogP contribution in [0.2, 0.25) is 0 Å². The Morgan fingerprint density at radius 2 is 2.05 bits per heavy atom. The number of methoxy groups -OCH3 is 1. The molecule has 0 aliphatic heterocycles. The molecule has 0 N–H and O–H groups in total. The van der Waals surface area contributed by atoms with Gasteiger partial charge in [-0.15, -0.1) is 11.3 Å². The van der Waals surface area contributed by atoms with E-state index in [1.165, 1.54) is 4.88 Å². The van der Waals surface area contributed by atoms with Crippen LogP contribution in [0.3, 0.4) is 0 Å². The van der Waals surface area contributed by atoms with Crippen LogP contribution >= 0.6 is 27.3 Å². The molecule has 0 aliphatic rings. The van der Waals surface area contributed by atoms with Gasteiger partial charge in [0.1, 0.15) is 11.6 Å². The maximum atomic E-state index is 5.83. The fourth-order valence-electron chi connectivity index (χ4n) is 1.66. The van der Waals surface area contributed by atoms with Crippen LogP contribution in [0.5, 0.6) is 11.5 Å². The van der Waals surface area contributed by atoms with Crippen molar-refractivity contribution >= 4 is 27.3 Å². The number of aryl methyl sites for hydroxylation is 2. The quantitative estimate of drug-likeness (QED) is 0.762. The van der Waals surface area contributed by atoms with E-state index in [4.69, 9.17) is 9.47 Å². The van der Waals surface area contributed by atoms with Crippen molar-refractivity contribution < 1.29 is 9.47 Å². The summed E-state index contributed by atoms with van der Waals surface area (Å²) in [5.41, 5.74) is 2.23.